The monoisotopic (exact) mass is 278 g/mol. The third-order valence-corrected chi connectivity index (χ3v) is 4.02. The molecule has 0 aliphatic carbocycles. The first-order chi connectivity index (χ1) is 8.99. The second-order valence-electron chi connectivity index (χ2n) is 4.07. The first-order valence-corrected chi connectivity index (χ1v) is 7.08. The van der Waals surface area contributed by atoms with Crippen LogP contribution >= 0.6 is 0 Å². The second-order valence-corrected chi connectivity index (χ2v) is 5.80. The maximum Gasteiger partial charge on any atom is 0.242 e. The van der Waals surface area contributed by atoms with Gasteiger partial charge in [-0.3, -0.25) is 0 Å². The molecule has 0 saturated carbocycles. The number of hydrogen-bond acceptors (Lipinski definition) is 5. The van der Waals surface area contributed by atoms with Gasteiger partial charge in [0.25, 0.3) is 0 Å². The molecule has 19 heavy (non-hydrogen) atoms. The molecule has 0 radical (unpaired) electrons. The number of nitrogens with two attached hydrogens (primary N) is 1. The van der Waals surface area contributed by atoms with Crippen LogP contribution in [0.1, 0.15) is 11.3 Å². The summed E-state index contributed by atoms with van der Waals surface area (Å²) in [5, 5.41) is 0. The Bertz CT molecular complexity index is 671. The quantitative estimate of drug-likeness (QED) is 0.808. The number of aryl methyl sites for hydroxylation is 1. The van der Waals surface area contributed by atoms with Crippen LogP contribution in [-0.2, 0) is 16.6 Å². The summed E-state index contributed by atoms with van der Waals surface area (Å²) in [6.07, 6.45) is 2.92. The highest BCUT2D eigenvalue weighted by atomic mass is 32.2. The summed E-state index contributed by atoms with van der Waals surface area (Å²) in [7, 11) is -3.64. The van der Waals surface area contributed by atoms with E-state index in [0.29, 0.717) is 5.69 Å². The average molecular weight is 278 g/mol. The van der Waals surface area contributed by atoms with E-state index in [1.807, 2.05) is 6.92 Å². The van der Waals surface area contributed by atoms with Gasteiger partial charge in [-0.05, 0) is 30.7 Å². The summed E-state index contributed by atoms with van der Waals surface area (Å²) >= 11 is 0. The molecule has 7 heteroatoms. The Labute approximate surface area is 111 Å². The van der Waals surface area contributed by atoms with E-state index in [-0.39, 0.29) is 17.1 Å². The van der Waals surface area contributed by atoms with Crippen molar-refractivity contribution in [1.29, 1.82) is 0 Å². The fraction of sp³-hybridized carbons (Fsp3) is 0.167. The zero-order chi connectivity index (χ0) is 13.9. The lowest BCUT2D eigenvalue weighted by atomic mass is 10.2. The minimum absolute atomic E-state index is 0.0761. The van der Waals surface area contributed by atoms with Crippen LogP contribution in [0.25, 0.3) is 0 Å². The number of anilines is 1. The fourth-order valence-corrected chi connectivity index (χ4v) is 2.69. The van der Waals surface area contributed by atoms with E-state index < -0.39 is 10.0 Å². The zero-order valence-corrected chi connectivity index (χ0v) is 11.2. The Kier molecular flexibility index (Phi) is 3.77. The maximum atomic E-state index is 12.1. The Hall–Kier alpha value is -1.99. The lowest BCUT2D eigenvalue weighted by molar-refractivity contribution is 0.580. The zero-order valence-electron chi connectivity index (χ0n) is 10.4. The first kappa shape index (κ1) is 13.4. The van der Waals surface area contributed by atoms with Crippen LogP contribution in [0.3, 0.4) is 0 Å². The number of benzene rings is 1. The Balaban J connectivity index is 2.19. The van der Waals surface area contributed by atoms with E-state index >= 15 is 0 Å². The molecule has 3 N–H and O–H groups in total. The standard InChI is InChI=1S/C12H14N4O2S/c1-9-2-3-12(11(13)6-9)19(17,18)16-7-10-4-5-14-8-15-10/h2-6,8,16H,7,13H2,1H3. The number of hydrogen-bond donors (Lipinski definition) is 2. The van der Waals surface area contributed by atoms with Crippen molar-refractivity contribution in [3.05, 3.63) is 48.0 Å². The smallest absolute Gasteiger partial charge is 0.242 e. The molecule has 0 aliphatic rings. The molecule has 1 aromatic carbocycles. The van der Waals surface area contributed by atoms with Gasteiger partial charge in [0.15, 0.2) is 0 Å². The van der Waals surface area contributed by atoms with E-state index in [2.05, 4.69) is 14.7 Å². The van der Waals surface area contributed by atoms with E-state index in [4.69, 9.17) is 5.73 Å². The van der Waals surface area contributed by atoms with Gasteiger partial charge in [-0.25, -0.2) is 23.1 Å². The number of nitrogens with one attached hydrogen (secondary N) is 1. The number of nitrogen functional groups attached to an aromatic ring is 1. The van der Waals surface area contributed by atoms with Gasteiger partial charge in [0.1, 0.15) is 11.2 Å². The fourth-order valence-electron chi connectivity index (χ4n) is 1.58. The Morgan fingerprint density at radius 3 is 2.74 bits per heavy atom. The van der Waals surface area contributed by atoms with Crippen molar-refractivity contribution in [2.75, 3.05) is 5.73 Å². The minimum Gasteiger partial charge on any atom is -0.398 e. The van der Waals surface area contributed by atoms with Gasteiger partial charge in [-0.15, -0.1) is 0 Å². The summed E-state index contributed by atoms with van der Waals surface area (Å²) in [5.41, 5.74) is 7.46. The normalized spacial score (nSPS) is 11.4. The van der Waals surface area contributed by atoms with Crippen molar-refractivity contribution in [2.45, 2.75) is 18.4 Å². The van der Waals surface area contributed by atoms with Gasteiger partial charge in [-0.2, -0.15) is 0 Å². The summed E-state index contributed by atoms with van der Waals surface area (Å²) in [4.78, 5) is 7.78. The van der Waals surface area contributed by atoms with E-state index in [0.717, 1.165) is 5.56 Å². The van der Waals surface area contributed by atoms with Crippen LogP contribution in [-0.4, -0.2) is 18.4 Å². The summed E-state index contributed by atoms with van der Waals surface area (Å²) in [5.74, 6) is 0. The molecule has 0 fully saturated rings. The minimum atomic E-state index is -3.64. The van der Waals surface area contributed by atoms with Crippen LogP contribution in [0.15, 0.2) is 41.7 Å². The maximum absolute atomic E-state index is 12.1. The molecule has 0 aliphatic heterocycles. The highest BCUT2D eigenvalue weighted by molar-refractivity contribution is 7.89. The van der Waals surface area contributed by atoms with Crippen molar-refractivity contribution in [2.24, 2.45) is 0 Å². The third kappa shape index (κ3) is 3.27. The summed E-state index contributed by atoms with van der Waals surface area (Å²) < 4.78 is 26.7. The average Bonchev–Trinajstić information content (AvgIpc) is 2.37. The molecule has 0 unspecified atom stereocenters. The molecule has 0 saturated heterocycles. The van der Waals surface area contributed by atoms with Crippen molar-refractivity contribution in [1.82, 2.24) is 14.7 Å². The van der Waals surface area contributed by atoms with E-state index in [1.165, 1.54) is 12.4 Å². The van der Waals surface area contributed by atoms with Crippen molar-refractivity contribution < 1.29 is 8.42 Å². The molecule has 0 atom stereocenters. The van der Waals surface area contributed by atoms with Gasteiger partial charge >= 0.3 is 0 Å². The molecule has 100 valence electrons. The van der Waals surface area contributed by atoms with Crippen LogP contribution in [0.2, 0.25) is 0 Å². The van der Waals surface area contributed by atoms with E-state index in [1.54, 1.807) is 24.4 Å². The summed E-state index contributed by atoms with van der Waals surface area (Å²) in [6.45, 7) is 1.94. The highest BCUT2D eigenvalue weighted by Crippen LogP contribution is 2.19. The molecule has 0 spiro atoms. The van der Waals surface area contributed by atoms with Crippen LogP contribution < -0.4 is 10.5 Å². The highest BCUT2D eigenvalue weighted by Gasteiger charge is 2.17. The second kappa shape index (κ2) is 5.33. The first-order valence-electron chi connectivity index (χ1n) is 5.60. The molecule has 6 nitrogen and oxygen atoms in total. The molecular formula is C12H14N4O2S. The van der Waals surface area contributed by atoms with E-state index in [9.17, 15) is 8.42 Å². The molecule has 1 heterocycles. The molecule has 1 aromatic heterocycles. The molecule has 0 amide bonds. The number of sulfonamides is 1. The Morgan fingerprint density at radius 1 is 1.32 bits per heavy atom. The molecule has 0 bridgehead atoms. The van der Waals surface area contributed by atoms with Gasteiger partial charge in [0.05, 0.1) is 17.9 Å². The van der Waals surface area contributed by atoms with Gasteiger partial charge in [0, 0.05) is 6.20 Å². The third-order valence-electron chi connectivity index (χ3n) is 2.54. The molecule has 2 rings (SSSR count). The lowest BCUT2D eigenvalue weighted by Crippen LogP contribution is -2.24. The summed E-state index contributed by atoms with van der Waals surface area (Å²) in [6, 6.07) is 6.46. The van der Waals surface area contributed by atoms with Crippen molar-refractivity contribution >= 4 is 15.7 Å². The van der Waals surface area contributed by atoms with Crippen LogP contribution in [0, 0.1) is 6.92 Å². The Morgan fingerprint density at radius 2 is 2.11 bits per heavy atom. The van der Waals surface area contributed by atoms with Crippen molar-refractivity contribution in [3.8, 4) is 0 Å². The largest absolute Gasteiger partial charge is 0.398 e. The SMILES string of the molecule is Cc1ccc(S(=O)(=O)NCc2ccncn2)c(N)c1. The number of aromatic nitrogens is 2. The van der Waals surface area contributed by atoms with Crippen LogP contribution in [0.4, 0.5) is 5.69 Å². The predicted molar refractivity (Wildman–Crippen MR) is 71.6 cm³/mol. The van der Waals surface area contributed by atoms with Crippen LogP contribution in [0.5, 0.6) is 0 Å². The molecule has 2 aromatic rings. The number of nitrogens with zero attached hydrogens (tertiary/aromatic N) is 2. The number of rotatable bonds is 4. The predicted octanol–water partition coefficient (Wildman–Crippen LogP) is 0.846. The van der Waals surface area contributed by atoms with Gasteiger partial charge in [0.2, 0.25) is 10.0 Å². The van der Waals surface area contributed by atoms with Crippen molar-refractivity contribution in [3.63, 3.8) is 0 Å². The van der Waals surface area contributed by atoms with Gasteiger partial charge in [-0.1, -0.05) is 6.07 Å². The topological polar surface area (TPSA) is 98.0 Å². The molecular weight excluding hydrogens is 264 g/mol. The van der Waals surface area contributed by atoms with Gasteiger partial charge < -0.3 is 5.73 Å². The lowest BCUT2D eigenvalue weighted by Gasteiger charge is -2.09.